The predicted octanol–water partition coefficient (Wildman–Crippen LogP) is 0.218. The standard InChI is InChI=1S/C12H18N4O3/c1-8-6-13-10(15-8)5-9-3-4-16(9)11(17)7-14-12(18)19-2/h6,9H,3-5,7H2,1-2H3,(H,13,15)(H,14,18). The van der Waals surface area contributed by atoms with Crippen LogP contribution in [0.25, 0.3) is 0 Å². The zero-order valence-corrected chi connectivity index (χ0v) is 11.1. The van der Waals surface area contributed by atoms with Gasteiger partial charge in [-0.05, 0) is 13.3 Å². The summed E-state index contributed by atoms with van der Waals surface area (Å²) >= 11 is 0. The number of alkyl carbamates (subject to hydrolysis) is 1. The van der Waals surface area contributed by atoms with Crippen molar-refractivity contribution in [2.75, 3.05) is 20.2 Å². The molecular weight excluding hydrogens is 248 g/mol. The van der Waals surface area contributed by atoms with Crippen molar-refractivity contribution in [3.63, 3.8) is 0 Å². The van der Waals surface area contributed by atoms with Crippen molar-refractivity contribution in [3.8, 4) is 0 Å². The molecule has 0 saturated carbocycles. The fraction of sp³-hybridized carbons (Fsp3) is 0.583. The SMILES string of the molecule is COC(=O)NCC(=O)N1CCC1Cc1ncc(C)[nH]1. The zero-order chi connectivity index (χ0) is 13.8. The van der Waals surface area contributed by atoms with Gasteiger partial charge in [-0.2, -0.15) is 0 Å². The molecule has 1 fully saturated rings. The summed E-state index contributed by atoms with van der Waals surface area (Å²) in [5.41, 5.74) is 1.01. The molecule has 1 aliphatic heterocycles. The van der Waals surface area contributed by atoms with Gasteiger partial charge in [0.25, 0.3) is 0 Å². The Morgan fingerprint density at radius 2 is 2.42 bits per heavy atom. The Kier molecular flexibility index (Phi) is 4.03. The average Bonchev–Trinajstić information content (AvgIpc) is 2.77. The Morgan fingerprint density at radius 3 is 2.95 bits per heavy atom. The highest BCUT2D eigenvalue weighted by Gasteiger charge is 2.32. The number of carbonyl (C=O) groups excluding carboxylic acids is 2. The molecule has 1 aliphatic rings. The van der Waals surface area contributed by atoms with Gasteiger partial charge in [0, 0.05) is 30.9 Å². The maximum Gasteiger partial charge on any atom is 0.407 e. The lowest BCUT2D eigenvalue weighted by Crippen LogP contribution is -2.55. The number of aryl methyl sites for hydroxylation is 1. The summed E-state index contributed by atoms with van der Waals surface area (Å²) in [6.07, 6.45) is 2.87. The molecule has 1 unspecified atom stereocenters. The number of nitrogens with zero attached hydrogens (tertiary/aromatic N) is 2. The fourth-order valence-electron chi connectivity index (χ4n) is 2.10. The normalized spacial score (nSPS) is 17.8. The van der Waals surface area contributed by atoms with E-state index in [0.29, 0.717) is 0 Å². The summed E-state index contributed by atoms with van der Waals surface area (Å²) < 4.78 is 4.42. The number of carbonyl (C=O) groups is 2. The molecule has 0 aliphatic carbocycles. The van der Waals surface area contributed by atoms with Crippen LogP contribution in [0, 0.1) is 6.92 Å². The van der Waals surface area contributed by atoms with Crippen LogP contribution in [0.5, 0.6) is 0 Å². The first kappa shape index (κ1) is 13.4. The lowest BCUT2D eigenvalue weighted by Gasteiger charge is -2.40. The number of likely N-dealkylation sites (tertiary alicyclic amines) is 1. The summed E-state index contributed by atoms with van der Waals surface area (Å²) in [7, 11) is 1.27. The molecular formula is C12H18N4O3. The molecule has 7 heteroatoms. The van der Waals surface area contributed by atoms with Crippen LogP contribution in [0.1, 0.15) is 17.9 Å². The summed E-state index contributed by atoms with van der Waals surface area (Å²) in [5, 5.41) is 2.39. The second-order valence-corrected chi connectivity index (χ2v) is 4.59. The quantitative estimate of drug-likeness (QED) is 0.816. The minimum atomic E-state index is -0.591. The molecule has 1 aromatic heterocycles. The van der Waals surface area contributed by atoms with Crippen LogP contribution in [0.3, 0.4) is 0 Å². The molecule has 2 amide bonds. The topological polar surface area (TPSA) is 87.3 Å². The maximum absolute atomic E-state index is 11.9. The fourth-order valence-corrected chi connectivity index (χ4v) is 2.10. The van der Waals surface area contributed by atoms with Gasteiger partial charge in [-0.3, -0.25) is 4.79 Å². The Balaban J connectivity index is 1.81. The average molecular weight is 266 g/mol. The number of rotatable bonds is 4. The van der Waals surface area contributed by atoms with Gasteiger partial charge in [0.15, 0.2) is 0 Å². The van der Waals surface area contributed by atoms with Crippen LogP contribution in [-0.2, 0) is 16.0 Å². The highest BCUT2D eigenvalue weighted by Crippen LogP contribution is 2.20. The molecule has 7 nitrogen and oxygen atoms in total. The van der Waals surface area contributed by atoms with Crippen molar-refractivity contribution in [2.24, 2.45) is 0 Å². The summed E-state index contributed by atoms with van der Waals surface area (Å²) in [5.74, 6) is 0.797. The van der Waals surface area contributed by atoms with E-state index in [9.17, 15) is 9.59 Å². The molecule has 1 saturated heterocycles. The molecule has 0 radical (unpaired) electrons. The van der Waals surface area contributed by atoms with E-state index in [0.717, 1.165) is 30.9 Å². The van der Waals surface area contributed by atoms with Crippen molar-refractivity contribution in [2.45, 2.75) is 25.8 Å². The number of aromatic amines is 1. The number of nitrogens with one attached hydrogen (secondary N) is 2. The first-order valence-corrected chi connectivity index (χ1v) is 6.22. The highest BCUT2D eigenvalue weighted by molar-refractivity contribution is 5.83. The third-order valence-corrected chi connectivity index (χ3v) is 3.22. The second-order valence-electron chi connectivity index (χ2n) is 4.59. The minimum Gasteiger partial charge on any atom is -0.453 e. The molecule has 1 aromatic rings. The molecule has 0 spiro atoms. The van der Waals surface area contributed by atoms with Crippen LogP contribution >= 0.6 is 0 Å². The number of imidazole rings is 1. The predicted molar refractivity (Wildman–Crippen MR) is 67.6 cm³/mol. The largest absolute Gasteiger partial charge is 0.453 e. The third kappa shape index (κ3) is 3.24. The van der Waals surface area contributed by atoms with Gasteiger partial charge in [-0.25, -0.2) is 9.78 Å². The lowest BCUT2D eigenvalue weighted by molar-refractivity contribution is -0.137. The smallest absolute Gasteiger partial charge is 0.407 e. The third-order valence-electron chi connectivity index (χ3n) is 3.22. The molecule has 1 atom stereocenters. The van der Waals surface area contributed by atoms with Crippen LogP contribution < -0.4 is 5.32 Å². The Bertz CT molecular complexity index is 471. The van der Waals surface area contributed by atoms with Crippen molar-refractivity contribution in [1.29, 1.82) is 0 Å². The number of ether oxygens (including phenoxy) is 1. The summed E-state index contributed by atoms with van der Waals surface area (Å²) in [6.45, 7) is 2.65. The van der Waals surface area contributed by atoms with Gasteiger partial charge in [0.1, 0.15) is 12.4 Å². The zero-order valence-electron chi connectivity index (χ0n) is 11.1. The van der Waals surface area contributed by atoms with Crippen molar-refractivity contribution >= 4 is 12.0 Å². The number of hydrogen-bond donors (Lipinski definition) is 2. The molecule has 2 rings (SSSR count). The van der Waals surface area contributed by atoms with Crippen molar-refractivity contribution < 1.29 is 14.3 Å². The van der Waals surface area contributed by atoms with Gasteiger partial charge >= 0.3 is 6.09 Å². The highest BCUT2D eigenvalue weighted by atomic mass is 16.5. The Hall–Kier alpha value is -2.05. The molecule has 0 aromatic carbocycles. The first-order valence-electron chi connectivity index (χ1n) is 6.22. The summed E-state index contributed by atoms with van der Waals surface area (Å²) in [6, 6.07) is 0.164. The van der Waals surface area contributed by atoms with E-state index in [-0.39, 0.29) is 18.5 Å². The molecule has 0 bridgehead atoms. The van der Waals surface area contributed by atoms with E-state index in [1.165, 1.54) is 7.11 Å². The van der Waals surface area contributed by atoms with Gasteiger partial charge in [0.2, 0.25) is 5.91 Å². The van der Waals surface area contributed by atoms with Crippen molar-refractivity contribution in [1.82, 2.24) is 20.2 Å². The van der Waals surface area contributed by atoms with Crippen LogP contribution in [0.15, 0.2) is 6.20 Å². The van der Waals surface area contributed by atoms with E-state index in [4.69, 9.17) is 0 Å². The molecule has 2 N–H and O–H groups in total. The molecule has 2 heterocycles. The lowest BCUT2D eigenvalue weighted by atomic mass is 9.99. The van der Waals surface area contributed by atoms with E-state index in [1.54, 1.807) is 11.1 Å². The second kappa shape index (κ2) is 5.73. The first-order chi connectivity index (χ1) is 9.10. The Morgan fingerprint density at radius 1 is 1.63 bits per heavy atom. The van der Waals surface area contributed by atoms with Gasteiger partial charge < -0.3 is 19.9 Å². The van der Waals surface area contributed by atoms with Crippen LogP contribution in [0.2, 0.25) is 0 Å². The maximum atomic E-state index is 11.9. The van der Waals surface area contributed by atoms with Gasteiger partial charge in [0.05, 0.1) is 7.11 Å². The van der Waals surface area contributed by atoms with Crippen molar-refractivity contribution in [3.05, 3.63) is 17.7 Å². The number of H-pyrrole nitrogens is 1. The molecule has 104 valence electrons. The van der Waals surface area contributed by atoms with Gasteiger partial charge in [-0.15, -0.1) is 0 Å². The van der Waals surface area contributed by atoms with E-state index in [1.807, 2.05) is 6.92 Å². The van der Waals surface area contributed by atoms with Gasteiger partial charge in [-0.1, -0.05) is 0 Å². The van der Waals surface area contributed by atoms with Crippen LogP contribution in [-0.4, -0.2) is 53.1 Å². The Labute approximate surface area is 111 Å². The van der Waals surface area contributed by atoms with E-state index < -0.39 is 6.09 Å². The van der Waals surface area contributed by atoms with Crippen LogP contribution in [0.4, 0.5) is 4.79 Å². The number of amides is 2. The summed E-state index contributed by atoms with van der Waals surface area (Å²) in [4.78, 5) is 31.9. The van der Waals surface area contributed by atoms with E-state index >= 15 is 0 Å². The number of aromatic nitrogens is 2. The minimum absolute atomic E-state index is 0.0274. The molecule has 19 heavy (non-hydrogen) atoms. The monoisotopic (exact) mass is 266 g/mol. The number of hydrogen-bond acceptors (Lipinski definition) is 4. The number of methoxy groups -OCH3 is 1. The van der Waals surface area contributed by atoms with E-state index in [2.05, 4.69) is 20.0 Å².